The highest BCUT2D eigenvalue weighted by Crippen LogP contribution is 2.46. The molecule has 0 amide bonds. The monoisotopic (exact) mass is 341 g/mol. The molecular weight excluding hydrogens is 318 g/mol. The highest BCUT2D eigenvalue weighted by atomic mass is 32.1. The Bertz CT molecular complexity index is 710. The lowest BCUT2D eigenvalue weighted by molar-refractivity contribution is -0.150. The second kappa shape index (κ2) is 6.34. The van der Waals surface area contributed by atoms with E-state index in [4.69, 9.17) is 4.74 Å². The number of ether oxygens (including phenoxy) is 1. The second-order valence-electron chi connectivity index (χ2n) is 6.95. The molecule has 0 spiro atoms. The second-order valence-corrected chi connectivity index (χ2v) is 7.90. The number of nitrogens with zero attached hydrogens (tertiary/aromatic N) is 1. The molecule has 4 rings (SSSR count). The Balaban J connectivity index is 1.65. The molecule has 0 saturated carbocycles. The smallest absolute Gasteiger partial charge is 0.310 e. The van der Waals surface area contributed by atoms with Crippen LogP contribution in [0.25, 0.3) is 10.4 Å². The Morgan fingerprint density at radius 2 is 2.00 bits per heavy atom. The lowest BCUT2D eigenvalue weighted by Gasteiger charge is -2.41. The number of fused-ring (bicyclic) bond motifs is 2. The van der Waals surface area contributed by atoms with E-state index in [9.17, 15) is 4.79 Å². The van der Waals surface area contributed by atoms with Crippen LogP contribution in [0, 0.1) is 5.92 Å². The van der Waals surface area contributed by atoms with Crippen LogP contribution in [0.4, 0.5) is 0 Å². The summed E-state index contributed by atoms with van der Waals surface area (Å²) in [6.07, 6.45) is 3.34. The molecule has 2 bridgehead atoms. The first kappa shape index (κ1) is 15.9. The van der Waals surface area contributed by atoms with Gasteiger partial charge in [0.25, 0.3) is 0 Å². The van der Waals surface area contributed by atoms with Crippen molar-refractivity contribution in [3.05, 3.63) is 47.3 Å². The Hall–Kier alpha value is -1.65. The van der Waals surface area contributed by atoms with Gasteiger partial charge in [-0.2, -0.15) is 0 Å². The van der Waals surface area contributed by atoms with E-state index >= 15 is 0 Å². The van der Waals surface area contributed by atoms with Gasteiger partial charge in [-0.05, 0) is 48.9 Å². The number of methoxy groups -OCH3 is 1. The number of rotatable bonds is 3. The molecule has 2 fully saturated rings. The fourth-order valence-corrected chi connectivity index (χ4v) is 5.34. The van der Waals surface area contributed by atoms with Gasteiger partial charge in [-0.15, -0.1) is 11.3 Å². The topological polar surface area (TPSA) is 29.5 Å². The van der Waals surface area contributed by atoms with Gasteiger partial charge in [0, 0.05) is 22.9 Å². The van der Waals surface area contributed by atoms with Crippen molar-refractivity contribution in [2.75, 3.05) is 14.2 Å². The molecule has 3 nitrogen and oxygen atoms in total. The van der Waals surface area contributed by atoms with Crippen LogP contribution in [-0.2, 0) is 9.53 Å². The third-order valence-electron chi connectivity index (χ3n) is 5.89. The maximum atomic E-state index is 12.5. The molecular formula is C20H23NO2S. The van der Waals surface area contributed by atoms with Crippen LogP contribution < -0.4 is 0 Å². The minimum absolute atomic E-state index is 0.0497. The fraction of sp³-hybridized carbons (Fsp3) is 0.450. The van der Waals surface area contributed by atoms with Gasteiger partial charge in [0.2, 0.25) is 0 Å². The van der Waals surface area contributed by atoms with Crippen molar-refractivity contribution in [3.8, 4) is 10.4 Å². The molecule has 2 saturated heterocycles. The predicted molar refractivity (Wildman–Crippen MR) is 97.2 cm³/mol. The number of carbonyl (C=O) groups is 1. The molecule has 3 heterocycles. The van der Waals surface area contributed by atoms with Gasteiger partial charge in [-0.1, -0.05) is 30.3 Å². The van der Waals surface area contributed by atoms with Crippen molar-refractivity contribution in [1.82, 2.24) is 4.90 Å². The summed E-state index contributed by atoms with van der Waals surface area (Å²) in [6.45, 7) is 0. The summed E-state index contributed by atoms with van der Waals surface area (Å²) in [5, 5.41) is 2.10. The van der Waals surface area contributed by atoms with Crippen molar-refractivity contribution in [2.45, 2.75) is 37.3 Å². The fourth-order valence-electron chi connectivity index (χ4n) is 4.60. The first-order chi connectivity index (χ1) is 11.7. The van der Waals surface area contributed by atoms with E-state index in [-0.39, 0.29) is 17.8 Å². The van der Waals surface area contributed by atoms with Gasteiger partial charge < -0.3 is 4.74 Å². The number of thiophene rings is 1. The van der Waals surface area contributed by atoms with Crippen molar-refractivity contribution >= 4 is 17.3 Å². The number of esters is 1. The predicted octanol–water partition coefficient (Wildman–Crippen LogP) is 4.15. The summed E-state index contributed by atoms with van der Waals surface area (Å²) in [7, 11) is 3.68. The molecule has 2 aromatic rings. The summed E-state index contributed by atoms with van der Waals surface area (Å²) in [5.41, 5.74) is 2.52. The molecule has 4 atom stereocenters. The third-order valence-corrected chi connectivity index (χ3v) is 6.81. The first-order valence-corrected chi connectivity index (χ1v) is 9.50. The molecule has 0 radical (unpaired) electrons. The molecule has 126 valence electrons. The van der Waals surface area contributed by atoms with E-state index in [2.05, 4.69) is 53.7 Å². The van der Waals surface area contributed by atoms with Crippen molar-refractivity contribution in [3.63, 3.8) is 0 Å². The average Bonchev–Trinajstić information content (AvgIpc) is 3.21. The minimum Gasteiger partial charge on any atom is -0.469 e. The van der Waals surface area contributed by atoms with E-state index in [1.807, 2.05) is 0 Å². The lowest BCUT2D eigenvalue weighted by atomic mass is 9.76. The van der Waals surface area contributed by atoms with Crippen molar-refractivity contribution in [1.29, 1.82) is 0 Å². The lowest BCUT2D eigenvalue weighted by Crippen LogP contribution is -2.49. The van der Waals surface area contributed by atoms with E-state index in [1.54, 1.807) is 11.3 Å². The van der Waals surface area contributed by atoms with Crippen LogP contribution in [-0.4, -0.2) is 37.1 Å². The number of hydrogen-bond donors (Lipinski definition) is 0. The zero-order valence-corrected chi connectivity index (χ0v) is 15.0. The molecule has 2 aliphatic rings. The summed E-state index contributed by atoms with van der Waals surface area (Å²) in [5.74, 6) is 0.161. The van der Waals surface area contributed by atoms with Crippen molar-refractivity contribution in [2.24, 2.45) is 5.92 Å². The van der Waals surface area contributed by atoms with E-state index < -0.39 is 0 Å². The van der Waals surface area contributed by atoms with Crippen LogP contribution in [0.15, 0.2) is 41.8 Å². The Kier molecular flexibility index (Phi) is 4.19. The molecule has 1 aromatic heterocycles. The molecule has 4 heteroatoms. The van der Waals surface area contributed by atoms with Crippen LogP contribution in [0.2, 0.25) is 0 Å². The summed E-state index contributed by atoms with van der Waals surface area (Å²) >= 11 is 1.76. The van der Waals surface area contributed by atoms with Crippen LogP contribution in [0.5, 0.6) is 0 Å². The number of carbonyl (C=O) groups excluding carboxylic acids is 1. The molecule has 0 aliphatic carbocycles. The molecule has 2 unspecified atom stereocenters. The summed E-state index contributed by atoms with van der Waals surface area (Å²) in [4.78, 5) is 16.2. The molecule has 24 heavy (non-hydrogen) atoms. The SMILES string of the molecule is COC(=O)[C@@H]1C2CCC(C[C@@H]1c1ccc(-c3cccs3)cc1)N2C. The highest BCUT2D eigenvalue weighted by Gasteiger charge is 2.49. The Morgan fingerprint density at radius 1 is 1.21 bits per heavy atom. The van der Waals surface area contributed by atoms with Gasteiger partial charge in [-0.3, -0.25) is 9.69 Å². The van der Waals surface area contributed by atoms with Gasteiger partial charge in [0.15, 0.2) is 0 Å². The maximum absolute atomic E-state index is 12.5. The molecule has 1 aromatic carbocycles. The third kappa shape index (κ3) is 2.58. The zero-order valence-electron chi connectivity index (χ0n) is 14.1. The summed E-state index contributed by atoms with van der Waals surface area (Å²) < 4.78 is 5.16. The Labute approximate surface area is 147 Å². The van der Waals surface area contributed by atoms with Gasteiger partial charge in [-0.25, -0.2) is 0 Å². The van der Waals surface area contributed by atoms with Gasteiger partial charge in [0.1, 0.15) is 0 Å². The normalized spacial score (nSPS) is 29.6. The van der Waals surface area contributed by atoms with Crippen LogP contribution >= 0.6 is 11.3 Å². The van der Waals surface area contributed by atoms with E-state index in [0.29, 0.717) is 12.1 Å². The first-order valence-electron chi connectivity index (χ1n) is 8.62. The standard InChI is InChI=1S/C20H23NO2S/c1-21-15-9-10-17(21)19(20(22)23-2)16(12-15)13-5-7-14(8-6-13)18-4-3-11-24-18/h3-8,11,15-17,19H,9-10,12H2,1-2H3/t15?,16-,17?,19+/m1/s1. The molecule has 0 N–H and O–H groups in total. The number of benzene rings is 1. The Morgan fingerprint density at radius 3 is 2.67 bits per heavy atom. The van der Waals surface area contributed by atoms with Gasteiger partial charge >= 0.3 is 5.97 Å². The summed E-state index contributed by atoms with van der Waals surface area (Å²) in [6, 6.07) is 13.9. The highest BCUT2D eigenvalue weighted by molar-refractivity contribution is 7.13. The van der Waals surface area contributed by atoms with Crippen molar-refractivity contribution < 1.29 is 9.53 Å². The largest absolute Gasteiger partial charge is 0.469 e. The quantitative estimate of drug-likeness (QED) is 0.785. The maximum Gasteiger partial charge on any atom is 0.310 e. The van der Waals surface area contributed by atoms with E-state index in [0.717, 1.165) is 12.8 Å². The number of piperidine rings is 1. The minimum atomic E-state index is -0.0560. The number of hydrogen-bond acceptors (Lipinski definition) is 4. The molecule has 2 aliphatic heterocycles. The van der Waals surface area contributed by atoms with Crippen LogP contribution in [0.3, 0.4) is 0 Å². The van der Waals surface area contributed by atoms with E-state index in [1.165, 1.54) is 29.5 Å². The average molecular weight is 341 g/mol. The van der Waals surface area contributed by atoms with Gasteiger partial charge in [0.05, 0.1) is 13.0 Å². The zero-order chi connectivity index (χ0) is 16.7. The van der Waals surface area contributed by atoms with Crippen LogP contribution in [0.1, 0.15) is 30.7 Å².